The second kappa shape index (κ2) is 12.6. The van der Waals surface area contributed by atoms with Gasteiger partial charge in [-0.2, -0.15) is 13.5 Å². The Labute approximate surface area is 256 Å². The fourth-order valence-electron chi connectivity index (χ4n) is 3.79. The molecule has 0 spiro atoms. The second-order valence-electron chi connectivity index (χ2n) is 8.10. The molecule has 9 nitrogen and oxygen atoms in total. The van der Waals surface area contributed by atoms with Crippen LogP contribution < -0.4 is 44.7 Å². The fraction of sp³-hybridized carbons (Fsp3) is 0.115. The maximum atomic E-state index is 13.4. The molecule has 0 aliphatic rings. The third kappa shape index (κ3) is 6.90. The van der Waals surface area contributed by atoms with E-state index in [0.29, 0.717) is 39.2 Å². The van der Waals surface area contributed by atoms with E-state index >= 15 is 0 Å². The Hall–Kier alpha value is -2.70. The van der Waals surface area contributed by atoms with Crippen LogP contribution in [0.15, 0.2) is 75.8 Å². The van der Waals surface area contributed by atoms with Gasteiger partial charge in [0.05, 0.1) is 22.7 Å². The van der Waals surface area contributed by atoms with Gasteiger partial charge in [-0.05, 0) is 47.7 Å². The molecule has 4 aromatic carbocycles. The van der Waals surface area contributed by atoms with E-state index in [0.717, 1.165) is 6.07 Å². The number of halogens is 2. The van der Waals surface area contributed by atoms with Gasteiger partial charge in [-0.1, -0.05) is 60.1 Å². The number of benzene rings is 4. The SMILES string of the molecule is CCc1cc(S(=O)(=O)O)cc(Cl)c1N=Nc1c([O-])c(C(=O)Nc2cc(Cl)cc(OC)c2)cc2ccccc12.[Na+]. The summed E-state index contributed by atoms with van der Waals surface area (Å²) in [6.45, 7) is 1.74. The number of methoxy groups -OCH3 is 1. The molecule has 0 aliphatic carbocycles. The van der Waals surface area contributed by atoms with Crippen molar-refractivity contribution in [3.05, 3.63) is 81.8 Å². The van der Waals surface area contributed by atoms with E-state index in [2.05, 4.69) is 15.5 Å². The zero-order chi connectivity index (χ0) is 27.6. The maximum Gasteiger partial charge on any atom is 1.00 e. The molecule has 0 bridgehead atoms. The molecule has 0 unspecified atom stereocenters. The molecule has 0 aromatic heterocycles. The number of nitrogens with one attached hydrogen (secondary N) is 1. The number of ether oxygens (including phenoxy) is 1. The Kier molecular flexibility index (Phi) is 10.0. The van der Waals surface area contributed by atoms with E-state index in [-0.39, 0.29) is 56.4 Å². The van der Waals surface area contributed by atoms with Gasteiger partial charge in [0, 0.05) is 27.7 Å². The number of hydrogen-bond donors (Lipinski definition) is 2. The van der Waals surface area contributed by atoms with Gasteiger partial charge in [0.25, 0.3) is 16.0 Å². The predicted octanol–water partition coefficient (Wildman–Crippen LogP) is 3.71. The molecule has 0 atom stereocenters. The smallest absolute Gasteiger partial charge is 0.870 e. The van der Waals surface area contributed by atoms with Crippen LogP contribution in [0.1, 0.15) is 22.8 Å². The van der Waals surface area contributed by atoms with Gasteiger partial charge < -0.3 is 15.2 Å². The van der Waals surface area contributed by atoms with Gasteiger partial charge in [-0.25, -0.2) is 0 Å². The van der Waals surface area contributed by atoms with Gasteiger partial charge in [0.1, 0.15) is 11.4 Å². The molecule has 4 rings (SSSR count). The molecule has 13 heteroatoms. The van der Waals surface area contributed by atoms with E-state index in [9.17, 15) is 22.9 Å². The first kappa shape index (κ1) is 30.8. The summed E-state index contributed by atoms with van der Waals surface area (Å²) in [6.07, 6.45) is 0.313. The molecule has 0 aliphatic heterocycles. The number of rotatable bonds is 7. The molecule has 0 fully saturated rings. The molecule has 1 amide bonds. The van der Waals surface area contributed by atoms with Crippen LogP contribution in [0.2, 0.25) is 10.0 Å². The van der Waals surface area contributed by atoms with E-state index in [1.165, 1.54) is 25.3 Å². The minimum atomic E-state index is -4.49. The van der Waals surface area contributed by atoms with Crippen molar-refractivity contribution >= 4 is 67.1 Å². The van der Waals surface area contributed by atoms with E-state index in [4.69, 9.17) is 27.9 Å². The van der Waals surface area contributed by atoms with Crippen molar-refractivity contribution in [2.45, 2.75) is 18.2 Å². The minimum Gasteiger partial charge on any atom is -0.870 e. The first-order valence-electron chi connectivity index (χ1n) is 11.1. The number of carbonyl (C=O) groups is 1. The number of amides is 1. The maximum absolute atomic E-state index is 13.4. The van der Waals surface area contributed by atoms with Gasteiger partial charge in [0.2, 0.25) is 0 Å². The zero-order valence-electron chi connectivity index (χ0n) is 21.0. The quantitative estimate of drug-likeness (QED) is 0.189. The van der Waals surface area contributed by atoms with Crippen LogP contribution in [0.5, 0.6) is 11.5 Å². The van der Waals surface area contributed by atoms with Crippen molar-refractivity contribution < 1.29 is 57.2 Å². The third-order valence-electron chi connectivity index (χ3n) is 5.63. The zero-order valence-corrected chi connectivity index (χ0v) is 25.4. The standard InChI is InChI=1S/C26H21Cl2N3O6S.Na/c1-3-14-8-19(38(34,35)36)13-22(28)23(14)30-31-24-20-7-5-4-6-15(20)9-21(25(24)32)26(33)29-17-10-16(27)11-18(12-17)37-2;/h4-13,32H,3H2,1-2H3,(H,29,33)(H,34,35,36);/q;+1/p-1. The predicted molar refractivity (Wildman–Crippen MR) is 144 cm³/mol. The minimum absolute atomic E-state index is 0. The summed E-state index contributed by atoms with van der Waals surface area (Å²) in [4.78, 5) is 12.7. The van der Waals surface area contributed by atoms with E-state index in [1.807, 2.05) is 0 Å². The number of aryl methyl sites for hydroxylation is 1. The van der Waals surface area contributed by atoms with Gasteiger partial charge in [-0.3, -0.25) is 9.35 Å². The Morgan fingerprint density at radius 3 is 2.41 bits per heavy atom. The summed E-state index contributed by atoms with van der Waals surface area (Å²) in [5, 5.41) is 25.7. The summed E-state index contributed by atoms with van der Waals surface area (Å²) < 4.78 is 37.7. The number of hydrogen-bond acceptors (Lipinski definition) is 7. The molecular formula is C26H20Cl2N3NaO6S. The van der Waals surface area contributed by atoms with Gasteiger partial charge in [-0.15, -0.1) is 5.11 Å². The topological polar surface area (TPSA) is 140 Å². The van der Waals surface area contributed by atoms with Crippen LogP contribution in [0.25, 0.3) is 10.8 Å². The van der Waals surface area contributed by atoms with Crippen molar-refractivity contribution in [3.8, 4) is 11.5 Å². The molecule has 0 heterocycles. The summed E-state index contributed by atoms with van der Waals surface area (Å²) >= 11 is 12.3. The van der Waals surface area contributed by atoms with Crippen LogP contribution in [-0.4, -0.2) is 26.0 Å². The van der Waals surface area contributed by atoms with Crippen LogP contribution in [-0.2, 0) is 16.5 Å². The molecule has 2 N–H and O–H groups in total. The summed E-state index contributed by atoms with van der Waals surface area (Å²) in [7, 11) is -3.03. The summed E-state index contributed by atoms with van der Waals surface area (Å²) in [5.41, 5.74) is 0.558. The molecular weight excluding hydrogens is 576 g/mol. The van der Waals surface area contributed by atoms with Crippen molar-refractivity contribution in [1.29, 1.82) is 0 Å². The average Bonchev–Trinajstić information content (AvgIpc) is 2.87. The van der Waals surface area contributed by atoms with Crippen molar-refractivity contribution in [3.63, 3.8) is 0 Å². The largest absolute Gasteiger partial charge is 1.00 e. The van der Waals surface area contributed by atoms with Crippen LogP contribution >= 0.6 is 23.2 Å². The van der Waals surface area contributed by atoms with Gasteiger partial charge >= 0.3 is 29.6 Å². The number of carbonyl (C=O) groups excluding carboxylic acids is 1. The first-order chi connectivity index (χ1) is 18.0. The molecule has 0 radical (unpaired) electrons. The summed E-state index contributed by atoms with van der Waals surface area (Å²) in [5.74, 6) is -0.944. The summed E-state index contributed by atoms with van der Waals surface area (Å²) in [6, 6.07) is 15.2. The molecule has 196 valence electrons. The molecule has 0 saturated carbocycles. The molecule has 4 aromatic rings. The Balaban J connectivity index is 0.00000420. The number of nitrogens with zero attached hydrogens (tertiary/aromatic N) is 2. The molecule has 0 saturated heterocycles. The van der Waals surface area contributed by atoms with Crippen LogP contribution in [0.3, 0.4) is 0 Å². The monoisotopic (exact) mass is 595 g/mol. The fourth-order valence-corrected chi connectivity index (χ4v) is 4.91. The Bertz CT molecular complexity index is 1710. The van der Waals surface area contributed by atoms with Crippen molar-refractivity contribution in [2.24, 2.45) is 10.2 Å². The van der Waals surface area contributed by atoms with E-state index < -0.39 is 21.8 Å². The Morgan fingerprint density at radius 2 is 1.74 bits per heavy atom. The van der Waals surface area contributed by atoms with Crippen molar-refractivity contribution in [2.75, 3.05) is 12.4 Å². The first-order valence-corrected chi connectivity index (χ1v) is 13.3. The molecule has 39 heavy (non-hydrogen) atoms. The third-order valence-corrected chi connectivity index (χ3v) is 6.97. The van der Waals surface area contributed by atoms with Crippen molar-refractivity contribution in [1.82, 2.24) is 0 Å². The normalized spacial score (nSPS) is 11.4. The number of azo groups is 1. The second-order valence-corrected chi connectivity index (χ2v) is 10.4. The van der Waals surface area contributed by atoms with Crippen LogP contribution in [0, 0.1) is 0 Å². The Morgan fingerprint density at radius 1 is 1.05 bits per heavy atom. The number of anilines is 1. The van der Waals surface area contributed by atoms with Crippen LogP contribution in [0.4, 0.5) is 17.1 Å². The number of fused-ring (bicyclic) bond motifs is 1. The average molecular weight is 596 g/mol. The van der Waals surface area contributed by atoms with E-state index in [1.54, 1.807) is 43.3 Å². The van der Waals surface area contributed by atoms with Gasteiger partial charge in [0.15, 0.2) is 0 Å².